The largest absolute Gasteiger partial charge is 0.451 e. The molecule has 1 aliphatic rings. The van der Waals surface area contributed by atoms with Crippen LogP contribution in [0.3, 0.4) is 0 Å². The van der Waals surface area contributed by atoms with Crippen molar-refractivity contribution in [3.05, 3.63) is 48.2 Å². The third kappa shape index (κ3) is 2.11. The Morgan fingerprint density at radius 1 is 1.38 bits per heavy atom. The van der Waals surface area contributed by atoms with Gasteiger partial charge in [-0.3, -0.25) is 0 Å². The molecular weight excluding hydrogens is 204 g/mol. The molecule has 2 rings (SSSR count). The van der Waals surface area contributed by atoms with Crippen molar-refractivity contribution in [1.82, 2.24) is 5.01 Å². The molecule has 0 aliphatic carbocycles. The molecule has 0 bridgehead atoms. The molecule has 0 N–H and O–H groups in total. The summed E-state index contributed by atoms with van der Waals surface area (Å²) in [6.45, 7) is 0. The molecule has 82 valence electrons. The van der Waals surface area contributed by atoms with Crippen LogP contribution in [0.5, 0.6) is 0 Å². The Morgan fingerprint density at radius 3 is 2.81 bits per heavy atom. The van der Waals surface area contributed by atoms with Crippen LogP contribution in [0, 0.1) is 0 Å². The molecule has 0 radical (unpaired) electrons. The van der Waals surface area contributed by atoms with Gasteiger partial charge in [-0.15, -0.1) is 0 Å². The number of rotatable bonds is 1. The fraction of sp³-hybridized carbons (Fsp3) is 0.167. The number of amides is 1. The molecule has 1 aliphatic heterocycles. The lowest BCUT2D eigenvalue weighted by atomic mass is 10.1. The Morgan fingerprint density at radius 2 is 2.12 bits per heavy atom. The minimum atomic E-state index is -0.482. The van der Waals surface area contributed by atoms with Gasteiger partial charge in [0.2, 0.25) is 0 Å². The van der Waals surface area contributed by atoms with E-state index < -0.39 is 6.09 Å². The molecule has 0 saturated carbocycles. The summed E-state index contributed by atoms with van der Waals surface area (Å²) in [5, 5.41) is 5.41. The van der Waals surface area contributed by atoms with Crippen LogP contribution in [0.25, 0.3) is 0 Å². The number of carbonyl (C=O) groups is 1. The van der Waals surface area contributed by atoms with Gasteiger partial charge in [0.05, 0.1) is 12.8 Å². The first-order chi connectivity index (χ1) is 7.81. The maximum absolute atomic E-state index is 11.3. The molecule has 1 aromatic carbocycles. The van der Waals surface area contributed by atoms with Crippen molar-refractivity contribution in [2.24, 2.45) is 5.10 Å². The van der Waals surface area contributed by atoms with Gasteiger partial charge in [0.15, 0.2) is 0 Å². The van der Waals surface area contributed by atoms with Gasteiger partial charge in [-0.1, -0.05) is 36.4 Å². The molecular formula is C12H12N2O2. The molecule has 4 heteroatoms. The van der Waals surface area contributed by atoms with Crippen molar-refractivity contribution in [2.45, 2.75) is 6.42 Å². The quantitative estimate of drug-likeness (QED) is 0.723. The standard InChI is InChI=1S/C12H12N2O2/c1-16-12(15)14-9-5-8-11(13-14)10-6-3-2-4-7-10/h2-7,9H,8H2,1H3. The van der Waals surface area contributed by atoms with E-state index in [0.717, 1.165) is 17.7 Å². The lowest BCUT2D eigenvalue weighted by molar-refractivity contribution is 0.140. The Kier molecular flexibility index (Phi) is 3.00. The lowest BCUT2D eigenvalue weighted by Gasteiger charge is -2.17. The molecule has 0 fully saturated rings. The van der Waals surface area contributed by atoms with E-state index in [-0.39, 0.29) is 0 Å². The Hall–Kier alpha value is -2.10. The van der Waals surface area contributed by atoms with Gasteiger partial charge >= 0.3 is 6.09 Å². The number of hydrogen-bond donors (Lipinski definition) is 0. The van der Waals surface area contributed by atoms with Crippen LogP contribution >= 0.6 is 0 Å². The average Bonchev–Trinajstić information content (AvgIpc) is 2.39. The number of ether oxygens (including phenoxy) is 1. The Labute approximate surface area is 93.8 Å². The van der Waals surface area contributed by atoms with Gasteiger partial charge in [-0.2, -0.15) is 10.1 Å². The number of carbonyl (C=O) groups excluding carboxylic acids is 1. The third-order valence-corrected chi connectivity index (χ3v) is 2.25. The number of hydrogen-bond acceptors (Lipinski definition) is 3. The molecule has 0 saturated heterocycles. The van der Waals surface area contributed by atoms with Crippen LogP contribution in [0.2, 0.25) is 0 Å². The highest BCUT2D eigenvalue weighted by Gasteiger charge is 2.15. The highest BCUT2D eigenvalue weighted by molar-refractivity contribution is 6.02. The molecule has 0 unspecified atom stereocenters. The number of nitrogens with zero attached hydrogens (tertiary/aromatic N) is 2. The van der Waals surface area contributed by atoms with Gasteiger partial charge in [-0.25, -0.2) is 4.79 Å². The summed E-state index contributed by atoms with van der Waals surface area (Å²) in [6.07, 6.45) is 3.73. The summed E-state index contributed by atoms with van der Waals surface area (Å²) in [5.41, 5.74) is 1.87. The first-order valence-electron chi connectivity index (χ1n) is 4.98. The van der Waals surface area contributed by atoms with Gasteiger partial charge in [0, 0.05) is 12.6 Å². The van der Waals surface area contributed by atoms with Crippen molar-refractivity contribution in [2.75, 3.05) is 7.11 Å². The summed E-state index contributed by atoms with van der Waals surface area (Å²) >= 11 is 0. The highest BCUT2D eigenvalue weighted by atomic mass is 16.5. The van der Waals surface area contributed by atoms with E-state index >= 15 is 0 Å². The summed E-state index contributed by atoms with van der Waals surface area (Å²) in [4.78, 5) is 11.3. The zero-order valence-electron chi connectivity index (χ0n) is 8.96. The summed E-state index contributed by atoms with van der Waals surface area (Å²) in [7, 11) is 1.34. The van der Waals surface area contributed by atoms with Crippen molar-refractivity contribution in [3.8, 4) is 0 Å². The van der Waals surface area contributed by atoms with Gasteiger partial charge < -0.3 is 4.74 Å². The molecule has 0 spiro atoms. The number of allylic oxidation sites excluding steroid dienone is 1. The van der Waals surface area contributed by atoms with E-state index in [2.05, 4.69) is 9.84 Å². The molecule has 1 amide bonds. The maximum Gasteiger partial charge on any atom is 0.434 e. The minimum Gasteiger partial charge on any atom is -0.451 e. The first-order valence-corrected chi connectivity index (χ1v) is 4.98. The highest BCUT2D eigenvalue weighted by Crippen LogP contribution is 2.12. The normalized spacial score (nSPS) is 14.6. The van der Waals surface area contributed by atoms with Gasteiger partial charge in [0.25, 0.3) is 0 Å². The second-order valence-electron chi connectivity index (χ2n) is 3.32. The summed E-state index contributed by atoms with van der Waals surface area (Å²) in [5.74, 6) is 0. The van der Waals surface area contributed by atoms with Crippen LogP contribution in [-0.2, 0) is 4.74 Å². The Balaban J connectivity index is 2.24. The number of benzene rings is 1. The van der Waals surface area contributed by atoms with E-state index in [1.54, 1.807) is 6.20 Å². The van der Waals surface area contributed by atoms with E-state index in [0.29, 0.717) is 0 Å². The van der Waals surface area contributed by atoms with E-state index in [9.17, 15) is 4.79 Å². The topological polar surface area (TPSA) is 41.9 Å². The second-order valence-corrected chi connectivity index (χ2v) is 3.32. The van der Waals surface area contributed by atoms with Gasteiger partial charge in [0.1, 0.15) is 0 Å². The smallest absolute Gasteiger partial charge is 0.434 e. The fourth-order valence-electron chi connectivity index (χ4n) is 1.47. The SMILES string of the molecule is COC(=O)N1C=CCC(c2ccccc2)=N1. The van der Waals surface area contributed by atoms with Crippen molar-refractivity contribution < 1.29 is 9.53 Å². The van der Waals surface area contributed by atoms with Gasteiger partial charge in [-0.05, 0) is 5.56 Å². The van der Waals surface area contributed by atoms with Crippen LogP contribution in [-0.4, -0.2) is 23.9 Å². The lowest BCUT2D eigenvalue weighted by Crippen LogP contribution is -2.24. The first kappa shape index (κ1) is 10.4. The number of methoxy groups -OCH3 is 1. The monoisotopic (exact) mass is 216 g/mol. The molecule has 1 heterocycles. The molecule has 16 heavy (non-hydrogen) atoms. The predicted molar refractivity (Wildman–Crippen MR) is 61.0 cm³/mol. The number of hydrazone groups is 1. The van der Waals surface area contributed by atoms with Crippen LogP contribution in [0.15, 0.2) is 47.7 Å². The minimum absolute atomic E-state index is 0.482. The fourth-order valence-corrected chi connectivity index (χ4v) is 1.47. The van der Waals surface area contributed by atoms with E-state index in [1.165, 1.54) is 12.1 Å². The zero-order chi connectivity index (χ0) is 11.4. The van der Waals surface area contributed by atoms with Crippen LogP contribution in [0.4, 0.5) is 4.79 Å². The van der Waals surface area contributed by atoms with Crippen molar-refractivity contribution in [1.29, 1.82) is 0 Å². The predicted octanol–water partition coefficient (Wildman–Crippen LogP) is 2.38. The van der Waals surface area contributed by atoms with Crippen molar-refractivity contribution >= 4 is 11.8 Å². The maximum atomic E-state index is 11.3. The summed E-state index contributed by atoms with van der Waals surface area (Å²) < 4.78 is 4.60. The van der Waals surface area contributed by atoms with Crippen LogP contribution < -0.4 is 0 Å². The molecule has 0 aromatic heterocycles. The summed E-state index contributed by atoms with van der Waals surface area (Å²) in [6, 6.07) is 9.76. The molecule has 0 atom stereocenters. The molecule has 1 aromatic rings. The van der Waals surface area contributed by atoms with E-state index in [4.69, 9.17) is 0 Å². The zero-order valence-corrected chi connectivity index (χ0v) is 8.96. The average molecular weight is 216 g/mol. The van der Waals surface area contributed by atoms with E-state index in [1.807, 2.05) is 36.4 Å². The van der Waals surface area contributed by atoms with Crippen molar-refractivity contribution in [3.63, 3.8) is 0 Å². The molecule has 4 nitrogen and oxygen atoms in total. The third-order valence-electron chi connectivity index (χ3n) is 2.25. The second kappa shape index (κ2) is 4.61. The Bertz CT molecular complexity index is 438. The van der Waals surface area contributed by atoms with Crippen LogP contribution in [0.1, 0.15) is 12.0 Å².